The Kier molecular flexibility index (Phi) is 3.68. The monoisotopic (exact) mass is 362 g/mol. The highest BCUT2D eigenvalue weighted by molar-refractivity contribution is 14.1. The second-order valence-corrected chi connectivity index (χ2v) is 5.74. The quantitative estimate of drug-likeness (QED) is 0.604. The van der Waals surface area contributed by atoms with Crippen molar-refractivity contribution in [3.63, 3.8) is 0 Å². The number of hydrogen-bond donors (Lipinski definition) is 0. The average molecular weight is 362 g/mol. The maximum absolute atomic E-state index is 6.02. The van der Waals surface area contributed by atoms with E-state index in [1.165, 1.54) is 9.13 Å². The number of ether oxygens (including phenoxy) is 2. The third kappa shape index (κ3) is 2.89. The fourth-order valence-electron chi connectivity index (χ4n) is 2.15. The SMILES string of the molecule is [B]c1ccc(I)cc1Cc1ccc2c(c1)OCCO2. The van der Waals surface area contributed by atoms with Gasteiger partial charge < -0.3 is 9.47 Å². The summed E-state index contributed by atoms with van der Waals surface area (Å²) >= 11 is 2.30. The summed E-state index contributed by atoms with van der Waals surface area (Å²) in [6, 6.07) is 12.2. The molecule has 4 heteroatoms. The van der Waals surface area contributed by atoms with Gasteiger partial charge in [0, 0.05) is 3.57 Å². The first-order valence-electron chi connectivity index (χ1n) is 6.15. The van der Waals surface area contributed by atoms with Gasteiger partial charge in [0.1, 0.15) is 21.1 Å². The standard InChI is InChI=1S/C15H12BIO2/c16-13-3-2-12(17)9-11(13)7-10-1-4-14-15(8-10)19-6-5-18-14/h1-4,8-9H,5-7H2. The van der Waals surface area contributed by atoms with Crippen molar-refractivity contribution >= 4 is 35.9 Å². The fourth-order valence-corrected chi connectivity index (χ4v) is 2.70. The molecule has 0 aromatic heterocycles. The Labute approximate surface area is 127 Å². The summed E-state index contributed by atoms with van der Waals surface area (Å²) in [5, 5.41) is 0. The molecule has 1 aliphatic rings. The van der Waals surface area contributed by atoms with Gasteiger partial charge in [-0.3, -0.25) is 0 Å². The van der Waals surface area contributed by atoms with E-state index in [0.717, 1.165) is 28.9 Å². The largest absolute Gasteiger partial charge is 0.486 e. The van der Waals surface area contributed by atoms with Crippen molar-refractivity contribution < 1.29 is 9.47 Å². The number of rotatable bonds is 2. The van der Waals surface area contributed by atoms with Crippen LogP contribution in [0.1, 0.15) is 11.1 Å². The lowest BCUT2D eigenvalue weighted by Crippen LogP contribution is -2.15. The number of benzene rings is 2. The van der Waals surface area contributed by atoms with E-state index in [1.54, 1.807) is 0 Å². The first kappa shape index (κ1) is 12.8. The molecule has 2 aromatic rings. The predicted molar refractivity (Wildman–Crippen MR) is 84.8 cm³/mol. The van der Waals surface area contributed by atoms with Crippen LogP contribution in [0, 0.1) is 3.57 Å². The topological polar surface area (TPSA) is 18.5 Å². The van der Waals surface area contributed by atoms with Gasteiger partial charge in [-0.05, 0) is 64.4 Å². The summed E-state index contributed by atoms with van der Waals surface area (Å²) in [7, 11) is 6.02. The van der Waals surface area contributed by atoms with Gasteiger partial charge in [0.15, 0.2) is 11.5 Å². The zero-order valence-electron chi connectivity index (χ0n) is 10.4. The first-order valence-corrected chi connectivity index (χ1v) is 7.23. The van der Waals surface area contributed by atoms with E-state index in [4.69, 9.17) is 17.3 Å². The Morgan fingerprint density at radius 2 is 1.79 bits per heavy atom. The van der Waals surface area contributed by atoms with Gasteiger partial charge in [0.25, 0.3) is 0 Å². The van der Waals surface area contributed by atoms with E-state index in [2.05, 4.69) is 34.7 Å². The van der Waals surface area contributed by atoms with Crippen molar-refractivity contribution in [2.75, 3.05) is 13.2 Å². The summed E-state index contributed by atoms with van der Waals surface area (Å²) in [6.07, 6.45) is 0.805. The lowest BCUT2D eigenvalue weighted by Gasteiger charge is -2.19. The summed E-state index contributed by atoms with van der Waals surface area (Å²) in [5.74, 6) is 1.65. The molecule has 0 unspecified atom stereocenters. The van der Waals surface area contributed by atoms with Crippen LogP contribution in [0.15, 0.2) is 36.4 Å². The Bertz CT molecular complexity index is 613. The Hall–Kier alpha value is -1.17. The molecule has 2 aromatic carbocycles. The maximum atomic E-state index is 6.02. The third-order valence-electron chi connectivity index (χ3n) is 3.11. The smallest absolute Gasteiger partial charge is 0.161 e. The van der Waals surface area contributed by atoms with Crippen LogP contribution in [0.2, 0.25) is 0 Å². The van der Waals surface area contributed by atoms with E-state index in [0.29, 0.717) is 13.2 Å². The predicted octanol–water partition coefficient (Wildman–Crippen LogP) is 2.45. The molecule has 1 aliphatic heterocycles. The summed E-state index contributed by atoms with van der Waals surface area (Å²) in [6.45, 7) is 1.23. The van der Waals surface area contributed by atoms with Crippen LogP contribution >= 0.6 is 22.6 Å². The summed E-state index contributed by atoms with van der Waals surface area (Å²) < 4.78 is 12.3. The van der Waals surface area contributed by atoms with E-state index >= 15 is 0 Å². The van der Waals surface area contributed by atoms with Gasteiger partial charge in [-0.15, -0.1) is 0 Å². The fraction of sp³-hybridized carbons (Fsp3) is 0.200. The zero-order valence-corrected chi connectivity index (χ0v) is 12.5. The van der Waals surface area contributed by atoms with E-state index in [-0.39, 0.29) is 0 Å². The molecule has 0 spiro atoms. The minimum Gasteiger partial charge on any atom is -0.486 e. The number of halogens is 1. The molecule has 94 valence electrons. The molecule has 0 amide bonds. The molecule has 0 aliphatic carbocycles. The van der Waals surface area contributed by atoms with Gasteiger partial charge in [-0.2, -0.15) is 0 Å². The highest BCUT2D eigenvalue weighted by Gasteiger charge is 2.12. The second-order valence-electron chi connectivity index (χ2n) is 4.50. The lowest BCUT2D eigenvalue weighted by molar-refractivity contribution is 0.171. The second kappa shape index (κ2) is 5.45. The van der Waals surface area contributed by atoms with Gasteiger partial charge >= 0.3 is 0 Å². The molecule has 2 nitrogen and oxygen atoms in total. The molecule has 0 atom stereocenters. The first-order chi connectivity index (χ1) is 9.22. The van der Waals surface area contributed by atoms with Crippen LogP contribution < -0.4 is 14.9 Å². The minimum atomic E-state index is 0.613. The molecule has 3 rings (SSSR count). The Balaban J connectivity index is 1.89. The molecule has 2 radical (unpaired) electrons. The zero-order chi connectivity index (χ0) is 13.2. The van der Waals surface area contributed by atoms with Crippen LogP contribution in [0.25, 0.3) is 0 Å². The minimum absolute atomic E-state index is 0.613. The molecular weight excluding hydrogens is 350 g/mol. The van der Waals surface area contributed by atoms with Crippen molar-refractivity contribution in [1.29, 1.82) is 0 Å². The van der Waals surface area contributed by atoms with Crippen LogP contribution in [-0.4, -0.2) is 21.1 Å². The Morgan fingerprint density at radius 1 is 1.00 bits per heavy atom. The lowest BCUT2D eigenvalue weighted by atomic mass is 9.88. The van der Waals surface area contributed by atoms with E-state index in [1.807, 2.05) is 24.3 Å². The third-order valence-corrected chi connectivity index (χ3v) is 3.78. The van der Waals surface area contributed by atoms with Crippen molar-refractivity contribution in [3.05, 3.63) is 51.1 Å². The average Bonchev–Trinajstić information content (AvgIpc) is 2.43. The van der Waals surface area contributed by atoms with Crippen molar-refractivity contribution in [1.82, 2.24) is 0 Å². The number of hydrogen-bond acceptors (Lipinski definition) is 2. The molecule has 0 saturated carbocycles. The molecule has 0 fully saturated rings. The van der Waals surface area contributed by atoms with Crippen LogP contribution in [0.5, 0.6) is 11.5 Å². The molecule has 0 bridgehead atoms. The normalized spacial score (nSPS) is 13.3. The molecule has 19 heavy (non-hydrogen) atoms. The molecule has 1 heterocycles. The van der Waals surface area contributed by atoms with Gasteiger partial charge in [-0.1, -0.05) is 17.6 Å². The van der Waals surface area contributed by atoms with Crippen molar-refractivity contribution in [2.45, 2.75) is 6.42 Å². The number of fused-ring (bicyclic) bond motifs is 1. The van der Waals surface area contributed by atoms with Crippen LogP contribution in [0.3, 0.4) is 0 Å². The van der Waals surface area contributed by atoms with Gasteiger partial charge in [-0.25, -0.2) is 0 Å². The highest BCUT2D eigenvalue weighted by Crippen LogP contribution is 2.31. The maximum Gasteiger partial charge on any atom is 0.161 e. The van der Waals surface area contributed by atoms with Crippen molar-refractivity contribution in [3.8, 4) is 11.5 Å². The van der Waals surface area contributed by atoms with Crippen LogP contribution in [0.4, 0.5) is 0 Å². The van der Waals surface area contributed by atoms with Crippen molar-refractivity contribution in [2.24, 2.45) is 0 Å². The summed E-state index contributed by atoms with van der Waals surface area (Å²) in [5.41, 5.74) is 3.15. The Morgan fingerprint density at radius 3 is 2.63 bits per heavy atom. The molecular formula is C15H12BIO2. The van der Waals surface area contributed by atoms with Crippen LogP contribution in [-0.2, 0) is 6.42 Å². The molecule has 0 saturated heterocycles. The summed E-state index contributed by atoms with van der Waals surface area (Å²) in [4.78, 5) is 0. The van der Waals surface area contributed by atoms with Gasteiger partial charge in [0.05, 0.1) is 0 Å². The van der Waals surface area contributed by atoms with E-state index in [9.17, 15) is 0 Å². The highest BCUT2D eigenvalue weighted by atomic mass is 127. The molecule has 0 N–H and O–H groups in total. The van der Waals surface area contributed by atoms with Gasteiger partial charge in [0.2, 0.25) is 0 Å². The van der Waals surface area contributed by atoms with E-state index < -0.39 is 0 Å².